The Balaban J connectivity index is 2.91. The van der Waals surface area contributed by atoms with Crippen molar-refractivity contribution >= 4 is 11.8 Å². The van der Waals surface area contributed by atoms with Crippen molar-refractivity contribution in [3.63, 3.8) is 0 Å². The summed E-state index contributed by atoms with van der Waals surface area (Å²) in [6.07, 6.45) is 5.56. The summed E-state index contributed by atoms with van der Waals surface area (Å²) in [5, 5.41) is 8.35. The average molecular weight is 137 g/mol. The summed E-state index contributed by atoms with van der Waals surface area (Å²) in [5.41, 5.74) is -0.248. The normalized spacial score (nSPS) is 16.8. The number of allylic oxidation sites excluding steroid dienone is 3. The van der Waals surface area contributed by atoms with Crippen LogP contribution in [0.3, 0.4) is 0 Å². The Hall–Kier alpha value is -1.38. The van der Waals surface area contributed by atoms with Gasteiger partial charge < -0.3 is 5.11 Å². The van der Waals surface area contributed by atoms with E-state index in [2.05, 4.69) is 6.08 Å². The summed E-state index contributed by atoms with van der Waals surface area (Å²) in [6, 6.07) is 0. The fourth-order valence-electron chi connectivity index (χ4n) is 0.672. The van der Waals surface area contributed by atoms with E-state index in [1.54, 1.807) is 6.08 Å². The number of Topliss-reactive ketones (excluding diaryl/α,β-unsaturated/α-hetero) is 1. The van der Waals surface area contributed by atoms with Gasteiger partial charge in [-0.05, 0) is 0 Å². The molecule has 0 aliphatic heterocycles. The van der Waals surface area contributed by atoms with E-state index in [0.717, 1.165) is 0 Å². The van der Waals surface area contributed by atoms with E-state index in [9.17, 15) is 9.59 Å². The van der Waals surface area contributed by atoms with Crippen molar-refractivity contribution in [2.24, 2.45) is 0 Å². The molecular weight excluding hydrogens is 132 g/mol. The zero-order chi connectivity index (χ0) is 7.56. The summed E-state index contributed by atoms with van der Waals surface area (Å²) in [5.74, 6) is -1.58. The minimum atomic E-state index is -1.20. The largest absolute Gasteiger partial charge is 0.478 e. The molecule has 1 N–H and O–H groups in total. The van der Waals surface area contributed by atoms with Gasteiger partial charge in [0, 0.05) is 12.5 Å². The van der Waals surface area contributed by atoms with Gasteiger partial charge in [0.2, 0.25) is 0 Å². The standard InChI is InChI=1S/C7H5O3/c8-6-4-2-1-3-5(6)7(9)10/h1-2H,4H2,(H,9,10). The van der Waals surface area contributed by atoms with E-state index in [4.69, 9.17) is 5.11 Å². The molecule has 0 saturated carbocycles. The number of ketones is 1. The van der Waals surface area contributed by atoms with Crippen molar-refractivity contribution in [1.29, 1.82) is 0 Å². The van der Waals surface area contributed by atoms with Crippen molar-refractivity contribution in [3.8, 4) is 0 Å². The Morgan fingerprint density at radius 2 is 2.40 bits per heavy atom. The van der Waals surface area contributed by atoms with E-state index in [0.29, 0.717) is 0 Å². The van der Waals surface area contributed by atoms with Gasteiger partial charge in [-0.2, -0.15) is 0 Å². The second kappa shape index (κ2) is 2.47. The Bertz CT molecular complexity index is 235. The van der Waals surface area contributed by atoms with E-state index in [1.165, 1.54) is 6.08 Å². The minimum absolute atomic E-state index is 0.175. The third kappa shape index (κ3) is 1.13. The molecule has 0 atom stereocenters. The van der Waals surface area contributed by atoms with Gasteiger partial charge >= 0.3 is 5.97 Å². The number of rotatable bonds is 1. The first-order chi connectivity index (χ1) is 4.72. The van der Waals surface area contributed by atoms with E-state index in [1.807, 2.05) is 0 Å². The molecular formula is C7H5O3. The zero-order valence-electron chi connectivity index (χ0n) is 5.13. The molecule has 1 radical (unpaired) electrons. The average Bonchev–Trinajstić information content (AvgIpc) is 1.88. The third-order valence-electron chi connectivity index (χ3n) is 1.14. The number of aliphatic carboxylic acids is 1. The zero-order valence-corrected chi connectivity index (χ0v) is 5.13. The summed E-state index contributed by atoms with van der Waals surface area (Å²) >= 11 is 0. The molecule has 51 valence electrons. The molecule has 0 fully saturated rings. The number of carboxylic acid groups (broad SMARTS) is 1. The van der Waals surface area contributed by atoms with Crippen LogP contribution in [0.2, 0.25) is 0 Å². The summed E-state index contributed by atoms with van der Waals surface area (Å²) in [4.78, 5) is 20.9. The van der Waals surface area contributed by atoms with Gasteiger partial charge in [0.1, 0.15) is 5.57 Å². The van der Waals surface area contributed by atoms with Crippen LogP contribution in [0.15, 0.2) is 17.7 Å². The lowest BCUT2D eigenvalue weighted by molar-refractivity contribution is -0.134. The number of carbonyl (C=O) groups is 2. The summed E-state index contributed by atoms with van der Waals surface area (Å²) < 4.78 is 0. The lowest BCUT2D eigenvalue weighted by Crippen LogP contribution is -2.13. The van der Waals surface area contributed by atoms with Crippen LogP contribution >= 0.6 is 0 Å². The van der Waals surface area contributed by atoms with Crippen molar-refractivity contribution in [3.05, 3.63) is 23.8 Å². The van der Waals surface area contributed by atoms with Gasteiger partial charge in [-0.25, -0.2) is 4.79 Å². The summed E-state index contributed by atoms with van der Waals surface area (Å²) in [6.45, 7) is 0. The Morgan fingerprint density at radius 3 is 2.80 bits per heavy atom. The molecule has 0 aromatic rings. The molecule has 0 heterocycles. The molecule has 0 amide bonds. The lowest BCUT2D eigenvalue weighted by Gasteiger charge is -1.99. The van der Waals surface area contributed by atoms with Gasteiger partial charge in [0.25, 0.3) is 0 Å². The highest BCUT2D eigenvalue weighted by Crippen LogP contribution is 2.06. The van der Waals surface area contributed by atoms with Crippen LogP contribution in [-0.4, -0.2) is 16.9 Å². The Kier molecular flexibility index (Phi) is 1.67. The van der Waals surface area contributed by atoms with Crippen molar-refractivity contribution in [2.45, 2.75) is 6.42 Å². The van der Waals surface area contributed by atoms with Gasteiger partial charge in [-0.3, -0.25) is 4.79 Å². The smallest absolute Gasteiger partial charge is 0.339 e. The molecule has 0 saturated heterocycles. The second-order valence-electron chi connectivity index (χ2n) is 1.85. The first kappa shape index (κ1) is 6.74. The van der Waals surface area contributed by atoms with Crippen LogP contribution in [0.25, 0.3) is 0 Å². The molecule has 0 aromatic heterocycles. The van der Waals surface area contributed by atoms with Crippen LogP contribution in [-0.2, 0) is 9.59 Å². The molecule has 0 bridgehead atoms. The predicted octanol–water partition coefficient (Wildman–Crippen LogP) is 0.330. The molecule has 10 heavy (non-hydrogen) atoms. The van der Waals surface area contributed by atoms with Crippen LogP contribution in [0.4, 0.5) is 0 Å². The Morgan fingerprint density at radius 1 is 1.70 bits per heavy atom. The van der Waals surface area contributed by atoms with Gasteiger partial charge in [-0.1, -0.05) is 12.2 Å². The molecule has 3 nitrogen and oxygen atoms in total. The monoisotopic (exact) mass is 137 g/mol. The minimum Gasteiger partial charge on any atom is -0.478 e. The van der Waals surface area contributed by atoms with Crippen molar-refractivity contribution in [1.82, 2.24) is 0 Å². The topological polar surface area (TPSA) is 54.4 Å². The van der Waals surface area contributed by atoms with Gasteiger partial charge in [0.05, 0.1) is 0 Å². The maximum Gasteiger partial charge on any atom is 0.339 e. The van der Waals surface area contributed by atoms with Crippen LogP contribution in [0.5, 0.6) is 0 Å². The fourth-order valence-corrected chi connectivity index (χ4v) is 0.672. The second-order valence-corrected chi connectivity index (χ2v) is 1.85. The highest BCUT2D eigenvalue weighted by atomic mass is 16.4. The molecule has 1 rings (SSSR count). The maximum atomic E-state index is 10.7. The molecule has 0 unspecified atom stereocenters. The van der Waals surface area contributed by atoms with Gasteiger partial charge in [-0.15, -0.1) is 0 Å². The fraction of sp³-hybridized carbons (Fsp3) is 0.143. The maximum absolute atomic E-state index is 10.7. The quantitative estimate of drug-likeness (QED) is 0.530. The van der Waals surface area contributed by atoms with Gasteiger partial charge in [0.15, 0.2) is 5.78 Å². The van der Waals surface area contributed by atoms with E-state index < -0.39 is 5.97 Å². The molecule has 0 spiro atoms. The SMILES string of the molecule is O=C(O)C1=[C]C=CCC1=O. The molecule has 1 aliphatic rings. The van der Waals surface area contributed by atoms with Crippen LogP contribution < -0.4 is 0 Å². The van der Waals surface area contributed by atoms with E-state index >= 15 is 0 Å². The Labute approximate surface area is 57.7 Å². The number of hydrogen-bond donors (Lipinski definition) is 1. The van der Waals surface area contributed by atoms with Crippen molar-refractivity contribution in [2.75, 3.05) is 0 Å². The number of hydrogen-bond acceptors (Lipinski definition) is 2. The van der Waals surface area contributed by atoms with Crippen molar-refractivity contribution < 1.29 is 14.7 Å². The third-order valence-corrected chi connectivity index (χ3v) is 1.14. The highest BCUT2D eigenvalue weighted by molar-refractivity contribution is 6.17. The molecule has 1 aliphatic carbocycles. The summed E-state index contributed by atoms with van der Waals surface area (Å²) in [7, 11) is 0. The lowest BCUT2D eigenvalue weighted by atomic mass is 10.0. The first-order valence-electron chi connectivity index (χ1n) is 2.77. The first-order valence-corrected chi connectivity index (χ1v) is 2.77. The van der Waals surface area contributed by atoms with Crippen LogP contribution in [0, 0.1) is 6.08 Å². The predicted molar refractivity (Wildman–Crippen MR) is 33.2 cm³/mol. The molecule has 0 aromatic carbocycles. The number of carboxylic acids is 1. The van der Waals surface area contributed by atoms with E-state index in [-0.39, 0.29) is 17.8 Å². The van der Waals surface area contributed by atoms with Crippen LogP contribution in [0.1, 0.15) is 6.42 Å². The number of carbonyl (C=O) groups excluding carboxylic acids is 1. The highest BCUT2D eigenvalue weighted by Gasteiger charge is 2.16. The molecule has 3 heteroatoms.